The van der Waals surface area contributed by atoms with Crippen LogP contribution in [0.1, 0.15) is 5.56 Å². The highest BCUT2D eigenvalue weighted by atomic mass is 16.6. The first kappa shape index (κ1) is 7.67. The number of hydrogen-bond acceptors (Lipinski definition) is 4. The topological polar surface area (TPSA) is 83.8 Å². The number of nitrogens with one attached hydrogen (secondary N) is 2. The normalized spacial score (nSPS) is 9.91. The van der Waals surface area contributed by atoms with Crippen LogP contribution in [0.5, 0.6) is 0 Å². The van der Waals surface area contributed by atoms with Gasteiger partial charge in [0, 0.05) is 6.54 Å². The second-order valence-electron chi connectivity index (χ2n) is 2.03. The third kappa shape index (κ3) is 1.53. The summed E-state index contributed by atoms with van der Waals surface area (Å²) in [7, 11) is 1.72. The van der Waals surface area contributed by atoms with E-state index in [0.717, 1.165) is 0 Å². The Kier molecular flexibility index (Phi) is 2.17. The highest BCUT2D eigenvalue weighted by Gasteiger charge is 2.12. The second-order valence-corrected chi connectivity index (χ2v) is 2.03. The van der Waals surface area contributed by atoms with Crippen molar-refractivity contribution in [3.8, 4) is 0 Å². The van der Waals surface area contributed by atoms with Gasteiger partial charge in [0.05, 0.1) is 11.8 Å². The Hall–Kier alpha value is -1.43. The third-order valence-corrected chi connectivity index (χ3v) is 1.24. The fraction of sp³-hybridized carbons (Fsp3) is 0.400. The Bertz CT molecular complexity index is 257. The summed E-state index contributed by atoms with van der Waals surface area (Å²) in [4.78, 5) is 9.78. The summed E-state index contributed by atoms with van der Waals surface area (Å²) in [6.45, 7) is 0.451. The van der Waals surface area contributed by atoms with Gasteiger partial charge in [-0.3, -0.25) is 0 Å². The average Bonchev–Trinajstić information content (AvgIpc) is 2.36. The van der Waals surface area contributed by atoms with Crippen LogP contribution >= 0.6 is 0 Å². The number of hydrogen-bond donors (Lipinski definition) is 2. The van der Waals surface area contributed by atoms with Gasteiger partial charge in [0.15, 0.2) is 0 Å². The molecule has 0 saturated carbocycles. The van der Waals surface area contributed by atoms with Crippen molar-refractivity contribution in [2.45, 2.75) is 6.54 Å². The molecule has 0 unspecified atom stereocenters. The van der Waals surface area contributed by atoms with Crippen molar-refractivity contribution in [2.24, 2.45) is 0 Å². The second kappa shape index (κ2) is 3.11. The molecule has 1 aromatic heterocycles. The first-order valence-electron chi connectivity index (χ1n) is 3.07. The van der Waals surface area contributed by atoms with E-state index in [9.17, 15) is 10.1 Å². The highest BCUT2D eigenvalue weighted by Crippen LogP contribution is 2.12. The molecule has 0 atom stereocenters. The van der Waals surface area contributed by atoms with Crippen molar-refractivity contribution in [1.29, 1.82) is 0 Å². The smallest absolute Gasteiger partial charge is 0.347 e. The summed E-state index contributed by atoms with van der Waals surface area (Å²) >= 11 is 0. The molecule has 0 bridgehead atoms. The largest absolute Gasteiger partial charge is 0.358 e. The maximum atomic E-state index is 10.3. The van der Waals surface area contributed by atoms with Gasteiger partial charge in [-0.15, -0.1) is 5.10 Å². The van der Waals surface area contributed by atoms with E-state index >= 15 is 0 Å². The van der Waals surface area contributed by atoms with Crippen LogP contribution in [0.25, 0.3) is 0 Å². The van der Waals surface area contributed by atoms with Crippen LogP contribution in [0.3, 0.4) is 0 Å². The van der Waals surface area contributed by atoms with Crippen molar-refractivity contribution < 1.29 is 4.92 Å². The van der Waals surface area contributed by atoms with Crippen LogP contribution in [0.4, 0.5) is 5.82 Å². The van der Waals surface area contributed by atoms with Crippen LogP contribution < -0.4 is 5.32 Å². The maximum absolute atomic E-state index is 10.3. The summed E-state index contributed by atoms with van der Waals surface area (Å²) in [6, 6.07) is 0. The van der Waals surface area contributed by atoms with Crippen LogP contribution in [-0.4, -0.2) is 22.2 Å². The zero-order valence-electron chi connectivity index (χ0n) is 6.00. The number of nitro groups is 1. The lowest BCUT2D eigenvalue weighted by atomic mass is 10.3. The summed E-state index contributed by atoms with van der Waals surface area (Å²) < 4.78 is 0. The van der Waals surface area contributed by atoms with Gasteiger partial charge in [0.25, 0.3) is 0 Å². The summed E-state index contributed by atoms with van der Waals surface area (Å²) in [5, 5.41) is 18.9. The monoisotopic (exact) mass is 156 g/mol. The molecule has 0 aliphatic rings. The van der Waals surface area contributed by atoms with Gasteiger partial charge in [-0.2, -0.15) is 0 Å². The Morgan fingerprint density at radius 3 is 3.18 bits per heavy atom. The number of H-pyrrole nitrogens is 1. The Balaban J connectivity index is 2.87. The quantitative estimate of drug-likeness (QED) is 0.478. The van der Waals surface area contributed by atoms with Crippen molar-refractivity contribution >= 4 is 5.82 Å². The Morgan fingerprint density at radius 1 is 1.91 bits per heavy atom. The number of nitrogens with zero attached hydrogens (tertiary/aromatic N) is 2. The van der Waals surface area contributed by atoms with Crippen LogP contribution in [0.2, 0.25) is 0 Å². The van der Waals surface area contributed by atoms with E-state index in [1.807, 2.05) is 0 Å². The van der Waals surface area contributed by atoms with E-state index in [2.05, 4.69) is 15.5 Å². The van der Waals surface area contributed by atoms with E-state index in [0.29, 0.717) is 12.1 Å². The van der Waals surface area contributed by atoms with Gasteiger partial charge in [0.2, 0.25) is 0 Å². The van der Waals surface area contributed by atoms with Crippen molar-refractivity contribution in [1.82, 2.24) is 15.5 Å². The van der Waals surface area contributed by atoms with Crippen LogP contribution in [0.15, 0.2) is 6.20 Å². The molecule has 0 amide bonds. The molecule has 0 radical (unpaired) electrons. The molecule has 11 heavy (non-hydrogen) atoms. The highest BCUT2D eigenvalue weighted by molar-refractivity contribution is 5.28. The summed E-state index contributed by atoms with van der Waals surface area (Å²) in [5.74, 6) is -0.0423. The average molecular weight is 156 g/mol. The minimum absolute atomic E-state index is 0.0423. The lowest BCUT2D eigenvalue weighted by Crippen LogP contribution is -2.06. The van der Waals surface area contributed by atoms with E-state index in [1.165, 1.54) is 6.20 Å². The number of aromatic amines is 1. The van der Waals surface area contributed by atoms with E-state index < -0.39 is 4.92 Å². The van der Waals surface area contributed by atoms with Crippen molar-refractivity contribution in [3.05, 3.63) is 21.9 Å². The van der Waals surface area contributed by atoms with Crippen LogP contribution in [0, 0.1) is 10.1 Å². The van der Waals surface area contributed by atoms with Crippen molar-refractivity contribution in [3.63, 3.8) is 0 Å². The Morgan fingerprint density at radius 2 is 2.64 bits per heavy atom. The first-order chi connectivity index (χ1) is 5.25. The zero-order chi connectivity index (χ0) is 8.27. The van der Waals surface area contributed by atoms with E-state index in [1.54, 1.807) is 7.05 Å². The SMILES string of the molecule is CNCc1cn[nH]c1[N+](=O)[O-]. The molecule has 0 aliphatic heterocycles. The summed E-state index contributed by atoms with van der Waals surface area (Å²) in [6.07, 6.45) is 1.44. The predicted octanol–water partition coefficient (Wildman–Crippen LogP) is 0.0373. The minimum Gasteiger partial charge on any atom is -0.358 e. The molecular formula is C5H8N4O2. The zero-order valence-corrected chi connectivity index (χ0v) is 6.00. The fourth-order valence-corrected chi connectivity index (χ4v) is 0.782. The molecule has 0 saturated heterocycles. The van der Waals surface area contributed by atoms with Gasteiger partial charge in [0.1, 0.15) is 0 Å². The molecule has 0 fully saturated rings. The van der Waals surface area contributed by atoms with E-state index in [-0.39, 0.29) is 5.82 Å². The maximum Gasteiger partial charge on any atom is 0.347 e. The standard InChI is InChI=1S/C5H8N4O2/c1-6-2-4-3-7-8-5(4)9(10)11/h3,6H,2H2,1H3,(H,7,8). The molecule has 60 valence electrons. The van der Waals surface area contributed by atoms with Gasteiger partial charge in [-0.1, -0.05) is 5.10 Å². The molecule has 0 aliphatic carbocycles. The van der Waals surface area contributed by atoms with Crippen molar-refractivity contribution in [2.75, 3.05) is 7.05 Å². The lowest BCUT2D eigenvalue weighted by molar-refractivity contribution is -0.390. The van der Waals surface area contributed by atoms with Crippen LogP contribution in [-0.2, 0) is 6.54 Å². The molecule has 1 aromatic rings. The first-order valence-corrected chi connectivity index (χ1v) is 3.07. The Labute approximate surface area is 62.8 Å². The molecule has 1 rings (SSSR count). The minimum atomic E-state index is -0.486. The predicted molar refractivity (Wildman–Crippen MR) is 38.0 cm³/mol. The fourth-order valence-electron chi connectivity index (χ4n) is 0.782. The van der Waals surface area contributed by atoms with Gasteiger partial charge in [-0.25, -0.2) is 0 Å². The molecule has 0 spiro atoms. The van der Waals surface area contributed by atoms with E-state index in [4.69, 9.17) is 0 Å². The number of aromatic nitrogens is 2. The molecule has 2 N–H and O–H groups in total. The van der Waals surface area contributed by atoms with Gasteiger partial charge < -0.3 is 15.4 Å². The van der Waals surface area contributed by atoms with Gasteiger partial charge in [-0.05, 0) is 12.0 Å². The third-order valence-electron chi connectivity index (χ3n) is 1.24. The van der Waals surface area contributed by atoms with Gasteiger partial charge >= 0.3 is 5.82 Å². The molecular weight excluding hydrogens is 148 g/mol. The molecule has 0 aromatic carbocycles. The molecule has 1 heterocycles. The summed E-state index contributed by atoms with van der Waals surface area (Å²) in [5.41, 5.74) is 0.567. The molecule has 6 heteroatoms. The molecule has 6 nitrogen and oxygen atoms in total. The lowest BCUT2D eigenvalue weighted by Gasteiger charge is -1.94. The number of rotatable bonds is 3.